The summed E-state index contributed by atoms with van der Waals surface area (Å²) in [6, 6.07) is 11.9. The van der Waals surface area contributed by atoms with E-state index in [1.165, 1.54) is 0 Å². The van der Waals surface area contributed by atoms with E-state index in [0.29, 0.717) is 5.56 Å². The number of fused-ring (bicyclic) bond motifs is 1. The van der Waals surface area contributed by atoms with E-state index < -0.39 is 11.9 Å². The molecule has 0 saturated carbocycles. The molecule has 0 fully saturated rings. The zero-order chi connectivity index (χ0) is 13.1. The van der Waals surface area contributed by atoms with E-state index in [1.54, 1.807) is 18.1 Å². The molecule has 0 aromatic heterocycles. The van der Waals surface area contributed by atoms with Crippen LogP contribution in [0.1, 0.15) is 5.56 Å². The summed E-state index contributed by atoms with van der Waals surface area (Å²) in [5.41, 5.74) is 11.3. The van der Waals surface area contributed by atoms with Crippen LogP contribution in [0, 0.1) is 0 Å². The third kappa shape index (κ3) is 2.15. The van der Waals surface area contributed by atoms with Gasteiger partial charge in [0, 0.05) is 0 Å². The molecule has 0 aliphatic heterocycles. The monoisotopic (exact) mass is 240 g/mol. The first kappa shape index (κ1) is 12.0. The van der Waals surface area contributed by atoms with E-state index in [-0.39, 0.29) is 5.57 Å². The molecule has 0 radical (unpaired) electrons. The molecule has 4 N–H and O–H groups in total. The molecular weight excluding hydrogens is 228 g/mol. The highest BCUT2D eigenvalue weighted by atomic mass is 16.1. The van der Waals surface area contributed by atoms with Crippen LogP contribution in [0.2, 0.25) is 0 Å². The predicted octanol–water partition coefficient (Wildman–Crippen LogP) is 0.867. The van der Waals surface area contributed by atoms with Crippen LogP contribution in [0.15, 0.2) is 42.5 Å². The summed E-state index contributed by atoms with van der Waals surface area (Å²) in [6.45, 7) is 0. The second-order valence-electron chi connectivity index (χ2n) is 3.96. The van der Waals surface area contributed by atoms with Gasteiger partial charge in [-0.15, -0.1) is 0 Å². The van der Waals surface area contributed by atoms with Gasteiger partial charge in [-0.3, -0.25) is 4.79 Å². The van der Waals surface area contributed by atoms with Crippen molar-refractivity contribution >= 4 is 28.2 Å². The van der Waals surface area contributed by atoms with Crippen LogP contribution in [-0.2, 0) is 9.59 Å². The number of amides is 1. The van der Waals surface area contributed by atoms with Gasteiger partial charge >= 0.3 is 0 Å². The lowest BCUT2D eigenvalue weighted by Crippen LogP contribution is -2.37. The van der Waals surface area contributed by atoms with Crippen molar-refractivity contribution in [2.75, 3.05) is 0 Å². The van der Waals surface area contributed by atoms with Crippen LogP contribution in [-0.4, -0.2) is 17.9 Å². The van der Waals surface area contributed by atoms with E-state index in [0.717, 1.165) is 10.8 Å². The predicted molar refractivity (Wildman–Crippen MR) is 70.2 cm³/mol. The SMILES string of the molecule is NC(=O)C(N)C(=C=O)c1ccc2ccccc2c1. The van der Waals surface area contributed by atoms with E-state index in [1.807, 2.05) is 30.3 Å². The lowest BCUT2D eigenvalue weighted by atomic mass is 9.97. The third-order valence-corrected chi connectivity index (χ3v) is 2.79. The molecule has 18 heavy (non-hydrogen) atoms. The molecule has 0 heterocycles. The van der Waals surface area contributed by atoms with Gasteiger partial charge in [-0.2, -0.15) is 0 Å². The summed E-state index contributed by atoms with van der Waals surface area (Å²) in [5.74, 6) is 0.956. The maximum Gasteiger partial charge on any atom is 0.239 e. The zero-order valence-electron chi connectivity index (χ0n) is 9.59. The molecule has 0 aliphatic carbocycles. The highest BCUT2D eigenvalue weighted by molar-refractivity contribution is 6.04. The third-order valence-electron chi connectivity index (χ3n) is 2.79. The van der Waals surface area contributed by atoms with Gasteiger partial charge in [0.05, 0.1) is 5.57 Å². The van der Waals surface area contributed by atoms with Gasteiger partial charge in [-0.25, -0.2) is 4.79 Å². The van der Waals surface area contributed by atoms with Crippen molar-refractivity contribution in [3.05, 3.63) is 48.0 Å². The Morgan fingerprint density at radius 2 is 1.78 bits per heavy atom. The van der Waals surface area contributed by atoms with Crippen molar-refractivity contribution in [1.29, 1.82) is 0 Å². The van der Waals surface area contributed by atoms with Crippen LogP contribution in [0.5, 0.6) is 0 Å². The van der Waals surface area contributed by atoms with Crippen molar-refractivity contribution in [3.8, 4) is 0 Å². The molecule has 1 atom stereocenters. The maximum atomic E-state index is 11.0. The summed E-state index contributed by atoms with van der Waals surface area (Å²) < 4.78 is 0. The molecule has 0 saturated heterocycles. The van der Waals surface area contributed by atoms with Gasteiger partial charge in [0.25, 0.3) is 0 Å². The van der Waals surface area contributed by atoms with Gasteiger partial charge < -0.3 is 11.5 Å². The summed E-state index contributed by atoms with van der Waals surface area (Å²) in [6.07, 6.45) is 0. The van der Waals surface area contributed by atoms with Gasteiger partial charge in [-0.1, -0.05) is 36.4 Å². The van der Waals surface area contributed by atoms with E-state index in [4.69, 9.17) is 11.5 Å². The Morgan fingerprint density at radius 3 is 2.39 bits per heavy atom. The highest BCUT2D eigenvalue weighted by Crippen LogP contribution is 2.21. The minimum atomic E-state index is -1.14. The number of rotatable bonds is 3. The number of carbonyl (C=O) groups is 1. The van der Waals surface area contributed by atoms with Crippen molar-refractivity contribution in [3.63, 3.8) is 0 Å². The molecule has 2 rings (SSSR count). The Labute approximate surface area is 104 Å². The van der Waals surface area contributed by atoms with Crippen LogP contribution in [0.4, 0.5) is 0 Å². The highest BCUT2D eigenvalue weighted by Gasteiger charge is 2.18. The first-order chi connectivity index (χ1) is 8.63. The van der Waals surface area contributed by atoms with Crippen LogP contribution in [0.25, 0.3) is 16.3 Å². The molecule has 1 unspecified atom stereocenters. The molecule has 2 aromatic carbocycles. The summed E-state index contributed by atoms with van der Waals surface area (Å²) in [5, 5.41) is 2.00. The van der Waals surface area contributed by atoms with Gasteiger partial charge in [0.15, 0.2) is 0 Å². The molecule has 90 valence electrons. The first-order valence-corrected chi connectivity index (χ1v) is 5.42. The molecule has 0 spiro atoms. The molecule has 0 aliphatic rings. The summed E-state index contributed by atoms with van der Waals surface area (Å²) >= 11 is 0. The average Bonchev–Trinajstić information content (AvgIpc) is 2.39. The van der Waals surface area contributed by atoms with E-state index in [9.17, 15) is 9.59 Å². The van der Waals surface area contributed by atoms with Crippen LogP contribution >= 0.6 is 0 Å². The Bertz CT molecular complexity index is 658. The van der Waals surface area contributed by atoms with E-state index >= 15 is 0 Å². The second kappa shape index (κ2) is 4.84. The standard InChI is InChI=1S/C14H12N2O2/c15-13(14(16)18)12(8-17)11-6-5-9-3-1-2-4-10(9)7-11/h1-7,13H,15H2,(H2,16,18). The van der Waals surface area contributed by atoms with Gasteiger partial charge in [0.1, 0.15) is 12.0 Å². The number of hydrogen-bond acceptors (Lipinski definition) is 3. The lowest BCUT2D eigenvalue weighted by molar-refractivity contribution is -0.118. The number of primary amides is 1. The van der Waals surface area contributed by atoms with Crippen LogP contribution in [0.3, 0.4) is 0 Å². The van der Waals surface area contributed by atoms with E-state index in [2.05, 4.69) is 0 Å². The van der Waals surface area contributed by atoms with Crippen LogP contribution < -0.4 is 11.5 Å². The second-order valence-corrected chi connectivity index (χ2v) is 3.96. The fraction of sp³-hybridized carbons (Fsp3) is 0.0714. The van der Waals surface area contributed by atoms with Gasteiger partial charge in [0.2, 0.25) is 5.91 Å². The van der Waals surface area contributed by atoms with Crippen molar-refractivity contribution in [2.24, 2.45) is 11.5 Å². The zero-order valence-corrected chi connectivity index (χ0v) is 9.59. The lowest BCUT2D eigenvalue weighted by Gasteiger charge is -2.10. The maximum absolute atomic E-state index is 11.0. The molecule has 1 amide bonds. The fourth-order valence-electron chi connectivity index (χ4n) is 1.80. The van der Waals surface area contributed by atoms with Gasteiger partial charge in [-0.05, 0) is 22.4 Å². The number of carbonyl (C=O) groups excluding carboxylic acids is 2. The normalized spacial score (nSPS) is 11.8. The molecule has 2 aromatic rings. The smallest absolute Gasteiger partial charge is 0.239 e. The van der Waals surface area contributed by atoms with Crippen molar-refractivity contribution < 1.29 is 9.59 Å². The quantitative estimate of drug-likeness (QED) is 0.780. The van der Waals surface area contributed by atoms with Crippen molar-refractivity contribution in [2.45, 2.75) is 6.04 Å². The largest absolute Gasteiger partial charge is 0.368 e. The average molecular weight is 240 g/mol. The number of benzene rings is 2. The Morgan fingerprint density at radius 1 is 1.11 bits per heavy atom. The topological polar surface area (TPSA) is 86.2 Å². The molecule has 0 bridgehead atoms. The Balaban J connectivity index is 2.53. The molecule has 4 nitrogen and oxygen atoms in total. The summed E-state index contributed by atoms with van der Waals surface area (Å²) in [4.78, 5) is 22.0. The fourth-order valence-corrected chi connectivity index (χ4v) is 1.80. The number of hydrogen-bond donors (Lipinski definition) is 2. The minimum absolute atomic E-state index is 0.0771. The number of nitrogens with two attached hydrogens (primary N) is 2. The van der Waals surface area contributed by atoms with Crippen molar-refractivity contribution in [1.82, 2.24) is 0 Å². The first-order valence-electron chi connectivity index (χ1n) is 5.42. The summed E-state index contributed by atoms with van der Waals surface area (Å²) in [7, 11) is 0. The minimum Gasteiger partial charge on any atom is -0.368 e. The molecular formula is C14H12N2O2. The molecule has 4 heteroatoms. The Kier molecular flexibility index (Phi) is 3.24. The Hall–Kier alpha value is -2.42.